The van der Waals surface area contributed by atoms with Crippen LogP contribution < -0.4 is 20.4 Å². The van der Waals surface area contributed by atoms with Crippen molar-refractivity contribution < 1.29 is 4.74 Å². The molecule has 0 aromatic heterocycles. The van der Waals surface area contributed by atoms with Crippen LogP contribution in [0.25, 0.3) is 0 Å². The number of ether oxygens (including phenoxy) is 1. The van der Waals surface area contributed by atoms with Crippen LogP contribution in [0.3, 0.4) is 0 Å². The molecule has 0 amide bonds. The molecule has 0 bridgehead atoms. The first-order valence-electron chi connectivity index (χ1n) is 5.62. The fourth-order valence-electron chi connectivity index (χ4n) is 2.06. The van der Waals surface area contributed by atoms with Gasteiger partial charge in [0.25, 0.3) is 0 Å². The van der Waals surface area contributed by atoms with Crippen molar-refractivity contribution in [2.45, 2.75) is 13.0 Å². The smallest absolute Gasteiger partial charge is 0.119 e. The van der Waals surface area contributed by atoms with E-state index in [0.717, 1.165) is 25.4 Å². The fourth-order valence-corrected chi connectivity index (χ4v) is 2.06. The van der Waals surface area contributed by atoms with E-state index < -0.39 is 0 Å². The van der Waals surface area contributed by atoms with Crippen molar-refractivity contribution in [3.8, 4) is 5.75 Å². The molecule has 2 rings (SSSR count). The first kappa shape index (κ1) is 11.3. The Labute approximate surface area is 98.2 Å². The van der Waals surface area contributed by atoms with Crippen molar-refractivity contribution in [2.75, 3.05) is 31.6 Å². The number of methoxy groups -OCH3 is 1. The summed E-state index contributed by atoms with van der Waals surface area (Å²) >= 11 is 0. The molecule has 0 spiro atoms. The number of anilines is 1. The molecule has 1 aliphatic heterocycles. The van der Waals surface area contributed by atoms with Gasteiger partial charge in [0.15, 0.2) is 0 Å². The summed E-state index contributed by atoms with van der Waals surface area (Å²) in [5.41, 5.74) is 1.87. The Hall–Kier alpha value is -1.16. The van der Waals surface area contributed by atoms with Crippen molar-refractivity contribution >= 4 is 19.0 Å². The first-order chi connectivity index (χ1) is 7.70. The van der Waals surface area contributed by atoms with Crippen molar-refractivity contribution in [2.24, 2.45) is 0 Å². The molecule has 1 aliphatic rings. The number of benzene rings is 1. The molecule has 1 fully saturated rings. The van der Waals surface area contributed by atoms with Gasteiger partial charge in [-0.05, 0) is 13.0 Å². The van der Waals surface area contributed by atoms with Gasteiger partial charge in [-0.15, -0.1) is 0 Å². The van der Waals surface area contributed by atoms with Crippen LogP contribution in [0.5, 0.6) is 5.75 Å². The molecule has 1 atom stereocenters. The summed E-state index contributed by atoms with van der Waals surface area (Å²) in [6, 6.07) is 6.49. The maximum absolute atomic E-state index is 5.80. The largest absolute Gasteiger partial charge is 0.497 e. The van der Waals surface area contributed by atoms with Gasteiger partial charge in [0.05, 0.1) is 7.11 Å². The zero-order valence-electron chi connectivity index (χ0n) is 9.86. The minimum atomic E-state index is 0.525. The number of hydrogen-bond acceptors (Lipinski definition) is 3. The second-order valence-corrected chi connectivity index (χ2v) is 4.23. The van der Waals surface area contributed by atoms with Gasteiger partial charge in [0.1, 0.15) is 13.6 Å². The van der Waals surface area contributed by atoms with E-state index in [1.807, 2.05) is 12.1 Å². The van der Waals surface area contributed by atoms with E-state index in [2.05, 4.69) is 23.2 Å². The zero-order valence-corrected chi connectivity index (χ0v) is 9.86. The van der Waals surface area contributed by atoms with E-state index in [0.29, 0.717) is 11.5 Å². The van der Waals surface area contributed by atoms with Gasteiger partial charge in [0, 0.05) is 37.4 Å². The molecule has 16 heavy (non-hydrogen) atoms. The van der Waals surface area contributed by atoms with Crippen LogP contribution in [0.1, 0.15) is 6.92 Å². The lowest BCUT2D eigenvalue weighted by atomic mass is 9.94. The van der Waals surface area contributed by atoms with Crippen molar-refractivity contribution in [3.63, 3.8) is 0 Å². The second kappa shape index (κ2) is 4.79. The average molecular weight is 216 g/mol. The lowest BCUT2D eigenvalue weighted by Gasteiger charge is -2.34. The number of hydrogen-bond donors (Lipinski definition) is 1. The number of nitrogens with one attached hydrogen (secondary N) is 1. The zero-order chi connectivity index (χ0) is 11.5. The topological polar surface area (TPSA) is 24.5 Å². The SMILES string of the molecule is [B]c1ccc(N2CCN[C@@H](C)C2)cc1OC. The molecular weight excluding hydrogens is 199 g/mol. The Morgan fingerprint density at radius 1 is 1.50 bits per heavy atom. The van der Waals surface area contributed by atoms with E-state index in [1.54, 1.807) is 7.11 Å². The lowest BCUT2D eigenvalue weighted by molar-refractivity contribution is 0.417. The lowest BCUT2D eigenvalue weighted by Crippen LogP contribution is -2.49. The molecular formula is C12H17BN2O. The Morgan fingerprint density at radius 3 is 3.00 bits per heavy atom. The highest BCUT2D eigenvalue weighted by Gasteiger charge is 2.16. The molecule has 84 valence electrons. The summed E-state index contributed by atoms with van der Waals surface area (Å²) in [5.74, 6) is 0.753. The van der Waals surface area contributed by atoms with Gasteiger partial charge in [0.2, 0.25) is 0 Å². The maximum atomic E-state index is 5.80. The summed E-state index contributed by atoms with van der Waals surface area (Å²) in [5, 5.41) is 3.42. The molecule has 3 nitrogen and oxygen atoms in total. The summed E-state index contributed by atoms with van der Waals surface area (Å²) < 4.78 is 5.24. The third-order valence-electron chi connectivity index (χ3n) is 2.95. The third-order valence-corrected chi connectivity index (χ3v) is 2.95. The van der Waals surface area contributed by atoms with E-state index >= 15 is 0 Å². The van der Waals surface area contributed by atoms with Crippen molar-refractivity contribution in [1.82, 2.24) is 5.32 Å². The Morgan fingerprint density at radius 2 is 2.31 bits per heavy atom. The molecule has 1 N–H and O–H groups in total. The quantitative estimate of drug-likeness (QED) is 0.719. The number of piperazine rings is 1. The van der Waals surface area contributed by atoms with Gasteiger partial charge in [-0.25, -0.2) is 0 Å². The second-order valence-electron chi connectivity index (χ2n) is 4.23. The molecule has 0 unspecified atom stereocenters. The van der Waals surface area contributed by atoms with Gasteiger partial charge >= 0.3 is 0 Å². The highest BCUT2D eigenvalue weighted by Crippen LogP contribution is 2.20. The van der Waals surface area contributed by atoms with Crippen LogP contribution in [0.2, 0.25) is 0 Å². The van der Waals surface area contributed by atoms with Crippen LogP contribution in [-0.4, -0.2) is 40.6 Å². The van der Waals surface area contributed by atoms with Crippen LogP contribution in [0.15, 0.2) is 18.2 Å². The minimum absolute atomic E-state index is 0.525. The maximum Gasteiger partial charge on any atom is 0.119 e. The monoisotopic (exact) mass is 216 g/mol. The summed E-state index contributed by atoms with van der Waals surface area (Å²) in [7, 11) is 7.45. The van der Waals surface area contributed by atoms with E-state index in [-0.39, 0.29) is 0 Å². The predicted molar refractivity (Wildman–Crippen MR) is 68.1 cm³/mol. The highest BCUT2D eigenvalue weighted by molar-refractivity contribution is 6.34. The van der Waals surface area contributed by atoms with Crippen molar-refractivity contribution in [1.29, 1.82) is 0 Å². The number of nitrogens with zero attached hydrogens (tertiary/aromatic N) is 1. The summed E-state index contributed by atoms with van der Waals surface area (Å²) in [6.45, 7) is 5.26. The van der Waals surface area contributed by atoms with E-state index in [4.69, 9.17) is 12.6 Å². The third kappa shape index (κ3) is 2.32. The predicted octanol–water partition coefficient (Wildman–Crippen LogP) is 0.287. The fraction of sp³-hybridized carbons (Fsp3) is 0.500. The molecule has 1 heterocycles. The molecule has 4 heteroatoms. The Bertz CT molecular complexity index is 370. The van der Waals surface area contributed by atoms with Crippen LogP contribution >= 0.6 is 0 Å². The van der Waals surface area contributed by atoms with Gasteiger partial charge in [-0.2, -0.15) is 0 Å². The van der Waals surface area contributed by atoms with Crippen LogP contribution in [0.4, 0.5) is 5.69 Å². The number of rotatable bonds is 2. The van der Waals surface area contributed by atoms with Gasteiger partial charge in [-0.3, -0.25) is 0 Å². The van der Waals surface area contributed by atoms with Gasteiger partial charge < -0.3 is 15.0 Å². The molecule has 2 radical (unpaired) electrons. The van der Waals surface area contributed by atoms with Gasteiger partial charge in [-0.1, -0.05) is 11.5 Å². The highest BCUT2D eigenvalue weighted by atomic mass is 16.5. The summed E-state index contributed by atoms with van der Waals surface area (Å²) in [6.07, 6.45) is 0. The van der Waals surface area contributed by atoms with E-state index in [9.17, 15) is 0 Å². The normalized spacial score (nSPS) is 20.9. The van der Waals surface area contributed by atoms with Crippen LogP contribution in [0, 0.1) is 0 Å². The molecule has 0 saturated carbocycles. The summed E-state index contributed by atoms with van der Waals surface area (Å²) in [4.78, 5) is 2.35. The first-order valence-corrected chi connectivity index (χ1v) is 5.62. The Kier molecular flexibility index (Phi) is 3.39. The standard InChI is InChI=1S/C12H17BN2O/c1-9-8-15(6-5-14-9)10-3-4-11(13)12(7-10)16-2/h3-4,7,9,14H,5-6,8H2,1-2H3/t9-/m0/s1. The van der Waals surface area contributed by atoms with Crippen molar-refractivity contribution in [3.05, 3.63) is 18.2 Å². The minimum Gasteiger partial charge on any atom is -0.497 e. The van der Waals surface area contributed by atoms with Crippen LogP contribution in [-0.2, 0) is 0 Å². The molecule has 1 aromatic carbocycles. The Balaban J connectivity index is 2.19. The average Bonchev–Trinajstić information content (AvgIpc) is 2.29. The molecule has 0 aliphatic carbocycles. The van der Waals surface area contributed by atoms with E-state index in [1.165, 1.54) is 5.69 Å². The molecule has 1 aromatic rings. The molecule has 1 saturated heterocycles.